The summed E-state index contributed by atoms with van der Waals surface area (Å²) < 4.78 is 0. The molecule has 1 atom stereocenters. The summed E-state index contributed by atoms with van der Waals surface area (Å²) >= 11 is 6.29. The Labute approximate surface area is 127 Å². The van der Waals surface area contributed by atoms with Gasteiger partial charge in [0.2, 0.25) is 0 Å². The number of piperidine rings is 1. The van der Waals surface area contributed by atoms with E-state index < -0.39 is 0 Å². The van der Waals surface area contributed by atoms with Gasteiger partial charge < -0.3 is 9.80 Å². The van der Waals surface area contributed by atoms with Gasteiger partial charge in [0.15, 0.2) is 0 Å². The molecule has 1 aromatic heterocycles. The Morgan fingerprint density at radius 1 is 1.30 bits per heavy atom. The summed E-state index contributed by atoms with van der Waals surface area (Å²) in [5.74, 6) is 2.14. The van der Waals surface area contributed by atoms with Gasteiger partial charge in [-0.1, -0.05) is 25.4 Å². The molecular formula is C15H25ClN4. The summed E-state index contributed by atoms with van der Waals surface area (Å²) in [5, 5.41) is 0.589. The van der Waals surface area contributed by atoms with Crippen LogP contribution < -0.4 is 4.90 Å². The van der Waals surface area contributed by atoms with Gasteiger partial charge in [-0.15, -0.1) is 0 Å². The van der Waals surface area contributed by atoms with Crippen LogP contribution in [0.4, 0.5) is 5.82 Å². The van der Waals surface area contributed by atoms with Crippen molar-refractivity contribution in [2.24, 2.45) is 0 Å². The minimum atomic E-state index is 0.293. The Balaban J connectivity index is 2.31. The van der Waals surface area contributed by atoms with Gasteiger partial charge in [0.25, 0.3) is 0 Å². The van der Waals surface area contributed by atoms with Gasteiger partial charge in [0, 0.05) is 30.6 Å². The van der Waals surface area contributed by atoms with Crippen LogP contribution in [0.15, 0.2) is 0 Å². The molecule has 112 valence electrons. The summed E-state index contributed by atoms with van der Waals surface area (Å²) in [5.41, 5.74) is 0.996. The van der Waals surface area contributed by atoms with Gasteiger partial charge in [-0.05, 0) is 33.9 Å². The van der Waals surface area contributed by atoms with E-state index in [0.717, 1.165) is 30.3 Å². The number of halogens is 1. The number of anilines is 1. The van der Waals surface area contributed by atoms with Gasteiger partial charge in [-0.3, -0.25) is 0 Å². The molecule has 20 heavy (non-hydrogen) atoms. The topological polar surface area (TPSA) is 32.3 Å². The minimum absolute atomic E-state index is 0.293. The van der Waals surface area contributed by atoms with Crippen molar-refractivity contribution in [3.63, 3.8) is 0 Å². The zero-order valence-electron chi connectivity index (χ0n) is 13.1. The molecule has 4 nitrogen and oxygen atoms in total. The van der Waals surface area contributed by atoms with Crippen molar-refractivity contribution in [1.29, 1.82) is 0 Å². The summed E-state index contributed by atoms with van der Waals surface area (Å²) in [6, 6.07) is 0.583. The van der Waals surface area contributed by atoms with Gasteiger partial charge in [0.05, 0.1) is 0 Å². The van der Waals surface area contributed by atoms with E-state index in [0.29, 0.717) is 17.1 Å². The van der Waals surface area contributed by atoms with Crippen LogP contribution in [0.25, 0.3) is 0 Å². The lowest BCUT2D eigenvalue weighted by Crippen LogP contribution is -2.45. The van der Waals surface area contributed by atoms with E-state index in [9.17, 15) is 0 Å². The standard InChI is InChI=1S/C15H25ClN4/c1-10(2)14-17-13(16)11(3)15(18-14)20-8-6-7-12(9-20)19(4)5/h10,12H,6-9H2,1-5H3. The van der Waals surface area contributed by atoms with Crippen molar-refractivity contribution in [3.8, 4) is 0 Å². The van der Waals surface area contributed by atoms with Gasteiger partial charge >= 0.3 is 0 Å². The molecule has 0 bridgehead atoms. The largest absolute Gasteiger partial charge is 0.355 e. The molecule has 1 aliphatic rings. The van der Waals surface area contributed by atoms with Crippen LogP contribution in [0.2, 0.25) is 5.15 Å². The fourth-order valence-corrected chi connectivity index (χ4v) is 2.80. The number of aromatic nitrogens is 2. The normalized spacial score (nSPS) is 20.0. The second kappa shape index (κ2) is 6.27. The quantitative estimate of drug-likeness (QED) is 0.802. The Bertz CT molecular complexity index is 473. The Morgan fingerprint density at radius 3 is 2.60 bits per heavy atom. The molecule has 0 aliphatic carbocycles. The molecule has 1 fully saturated rings. The fraction of sp³-hybridized carbons (Fsp3) is 0.733. The molecule has 1 unspecified atom stereocenters. The average molecular weight is 297 g/mol. The summed E-state index contributed by atoms with van der Waals surface area (Å²) in [7, 11) is 4.29. The Kier molecular flexibility index (Phi) is 4.86. The first kappa shape index (κ1) is 15.5. The highest BCUT2D eigenvalue weighted by Crippen LogP contribution is 2.28. The average Bonchev–Trinajstić information content (AvgIpc) is 2.41. The highest BCUT2D eigenvalue weighted by atomic mass is 35.5. The monoisotopic (exact) mass is 296 g/mol. The molecule has 1 saturated heterocycles. The Hall–Kier alpha value is -0.870. The molecule has 0 aromatic carbocycles. The van der Waals surface area contributed by atoms with Crippen molar-refractivity contribution in [1.82, 2.24) is 14.9 Å². The molecule has 1 aromatic rings. The molecular weight excluding hydrogens is 272 g/mol. The maximum atomic E-state index is 6.29. The van der Waals surface area contributed by atoms with Gasteiger partial charge in [-0.2, -0.15) is 0 Å². The number of nitrogens with zero attached hydrogens (tertiary/aromatic N) is 4. The third-order valence-electron chi connectivity index (χ3n) is 4.02. The summed E-state index contributed by atoms with van der Waals surface area (Å²) in [4.78, 5) is 13.8. The molecule has 0 saturated carbocycles. The lowest BCUT2D eigenvalue weighted by molar-refractivity contribution is 0.257. The first-order valence-corrected chi connectivity index (χ1v) is 7.73. The summed E-state index contributed by atoms with van der Waals surface area (Å²) in [6.07, 6.45) is 2.44. The van der Waals surface area contributed by atoms with E-state index in [2.05, 4.69) is 42.7 Å². The van der Waals surface area contributed by atoms with E-state index in [4.69, 9.17) is 16.6 Å². The molecule has 5 heteroatoms. The van der Waals surface area contributed by atoms with Crippen LogP contribution in [0.1, 0.15) is 44.0 Å². The van der Waals surface area contributed by atoms with Crippen molar-refractivity contribution in [2.45, 2.75) is 45.6 Å². The molecule has 0 N–H and O–H groups in total. The smallest absolute Gasteiger partial charge is 0.137 e. The number of hydrogen-bond acceptors (Lipinski definition) is 4. The highest BCUT2D eigenvalue weighted by molar-refractivity contribution is 6.30. The van der Waals surface area contributed by atoms with Crippen LogP contribution in [0.5, 0.6) is 0 Å². The zero-order valence-corrected chi connectivity index (χ0v) is 13.9. The van der Waals surface area contributed by atoms with Gasteiger partial charge in [0.1, 0.15) is 16.8 Å². The first-order chi connectivity index (χ1) is 9.40. The van der Waals surface area contributed by atoms with E-state index in [1.54, 1.807) is 0 Å². The maximum absolute atomic E-state index is 6.29. The number of rotatable bonds is 3. The van der Waals surface area contributed by atoms with Crippen molar-refractivity contribution in [3.05, 3.63) is 16.5 Å². The lowest BCUT2D eigenvalue weighted by Gasteiger charge is -2.37. The minimum Gasteiger partial charge on any atom is -0.355 e. The van der Waals surface area contributed by atoms with Crippen LogP contribution in [0, 0.1) is 6.92 Å². The lowest BCUT2D eigenvalue weighted by atomic mass is 10.0. The molecule has 1 aliphatic heterocycles. The van der Waals surface area contributed by atoms with Crippen molar-refractivity contribution < 1.29 is 0 Å². The molecule has 2 rings (SSSR count). The number of likely N-dealkylation sites (N-methyl/N-ethyl adjacent to an activating group) is 1. The van der Waals surface area contributed by atoms with Crippen molar-refractivity contribution in [2.75, 3.05) is 32.1 Å². The third kappa shape index (κ3) is 3.23. The van der Waals surface area contributed by atoms with Crippen LogP contribution >= 0.6 is 11.6 Å². The van der Waals surface area contributed by atoms with E-state index in [-0.39, 0.29) is 0 Å². The fourth-order valence-electron chi connectivity index (χ4n) is 2.63. The van der Waals surface area contributed by atoms with Crippen molar-refractivity contribution >= 4 is 17.4 Å². The number of hydrogen-bond donors (Lipinski definition) is 0. The second-order valence-electron chi connectivity index (χ2n) is 6.18. The molecule has 2 heterocycles. The van der Waals surface area contributed by atoms with Crippen LogP contribution in [-0.2, 0) is 0 Å². The molecule has 0 radical (unpaired) electrons. The molecule has 0 spiro atoms. The third-order valence-corrected chi connectivity index (χ3v) is 4.39. The predicted molar refractivity (Wildman–Crippen MR) is 84.8 cm³/mol. The van der Waals surface area contributed by atoms with E-state index >= 15 is 0 Å². The van der Waals surface area contributed by atoms with Crippen LogP contribution in [0.3, 0.4) is 0 Å². The SMILES string of the molecule is Cc1c(Cl)nc(C(C)C)nc1N1CCCC(N(C)C)C1. The highest BCUT2D eigenvalue weighted by Gasteiger charge is 2.25. The Morgan fingerprint density at radius 2 is 2.00 bits per heavy atom. The second-order valence-corrected chi connectivity index (χ2v) is 6.54. The summed E-state index contributed by atoms with van der Waals surface area (Å²) in [6.45, 7) is 8.28. The van der Waals surface area contributed by atoms with E-state index in [1.807, 2.05) is 6.92 Å². The predicted octanol–water partition coefficient (Wildman–Crippen LogP) is 3.09. The zero-order chi connectivity index (χ0) is 14.9. The molecule has 0 amide bonds. The van der Waals surface area contributed by atoms with Crippen LogP contribution in [-0.4, -0.2) is 48.1 Å². The first-order valence-electron chi connectivity index (χ1n) is 7.35. The van der Waals surface area contributed by atoms with E-state index in [1.165, 1.54) is 12.8 Å². The van der Waals surface area contributed by atoms with Gasteiger partial charge in [-0.25, -0.2) is 9.97 Å². The maximum Gasteiger partial charge on any atom is 0.137 e.